The van der Waals surface area contributed by atoms with Crippen molar-refractivity contribution in [1.82, 2.24) is 29.8 Å². The van der Waals surface area contributed by atoms with Gasteiger partial charge in [-0.05, 0) is 194 Å². The van der Waals surface area contributed by atoms with Gasteiger partial charge in [-0.15, -0.1) is 0 Å². The Balaban J connectivity index is 0.000000151. The van der Waals surface area contributed by atoms with Crippen LogP contribution in [0, 0.1) is 17.8 Å². The zero-order valence-electron chi connectivity index (χ0n) is 56.0. The van der Waals surface area contributed by atoms with E-state index in [1.807, 2.05) is 13.8 Å². The normalized spacial score (nSPS) is 34.1. The summed E-state index contributed by atoms with van der Waals surface area (Å²) in [6, 6.07) is 0.143. The van der Waals surface area contributed by atoms with Crippen LogP contribution in [0.2, 0.25) is 0 Å². The van der Waals surface area contributed by atoms with Crippen LogP contribution < -0.4 is 5.32 Å². The molecule has 6 saturated carbocycles. The number of ketones is 1. The Bertz CT molecular complexity index is 2160. The van der Waals surface area contributed by atoms with Crippen molar-refractivity contribution in [3.05, 3.63) is 0 Å². The summed E-state index contributed by atoms with van der Waals surface area (Å²) < 4.78 is 117. The van der Waals surface area contributed by atoms with Gasteiger partial charge in [0.05, 0.1) is 54.7 Å². The van der Waals surface area contributed by atoms with Crippen LogP contribution in [0.4, 0.5) is 26.3 Å². The number of halogens is 6. The smallest absolute Gasteiger partial charge is 0.250 e. The average molecular weight is 1300 g/mol. The van der Waals surface area contributed by atoms with E-state index in [1.165, 1.54) is 51.4 Å². The Morgan fingerprint density at radius 2 is 0.703 bits per heavy atom. The van der Waals surface area contributed by atoms with Gasteiger partial charge in [0, 0.05) is 128 Å². The van der Waals surface area contributed by atoms with Gasteiger partial charge in [0.2, 0.25) is 35.5 Å². The standard InChI is InChI=1S/2C23H38F2N2O3.C13H20F2N2O2.C10H18O2/c2*1-16(2)29-14-17-3-5-18(6-4-17)26-11-8-19(9-12-26)27-20-13-23(24,25)10-7-21(20)30-15-22(27)28;14-13(15)4-1-11-10(7-13)17(12(18)8-19-11)9-2-5-16-6-3-9;1-8(2)12-7-9-3-5-10(11)6-4-9/h2*16-21H,3-15H2,1-2H3;9-11,16H,1-8H2;8-9H,3-7H2,1-2H3/t2*17?,18?,20-,21-;10-,11-;/m000./s1. The number of ether oxygens (including phenoxy) is 6. The molecule has 12 aliphatic rings. The number of Topliss-reactive ketones (excluding diaryl/α,β-unsaturated/α-hetero) is 1. The monoisotopic (exact) mass is 1300 g/mol. The molecule has 0 bridgehead atoms. The lowest BCUT2D eigenvalue weighted by Gasteiger charge is -2.51. The lowest BCUT2D eigenvalue weighted by molar-refractivity contribution is -0.184. The van der Waals surface area contributed by atoms with E-state index in [0.717, 1.165) is 123 Å². The van der Waals surface area contributed by atoms with Crippen LogP contribution in [-0.4, -0.2) is 230 Å². The predicted molar refractivity (Wildman–Crippen MR) is 334 cm³/mol. The molecule has 12 fully saturated rings. The minimum atomic E-state index is -2.68. The molecule has 6 aliphatic heterocycles. The molecule has 6 heterocycles. The molecule has 0 radical (unpaired) electrons. The number of carbonyl (C=O) groups is 4. The number of nitrogens with zero attached hydrogens (tertiary/aromatic N) is 5. The predicted octanol–water partition coefficient (Wildman–Crippen LogP) is 11.0. The topological polar surface area (TPSA) is 152 Å². The Hall–Kier alpha value is -2.70. The zero-order valence-corrected chi connectivity index (χ0v) is 56.0. The van der Waals surface area contributed by atoms with Gasteiger partial charge in [0.1, 0.15) is 25.6 Å². The number of amides is 3. The van der Waals surface area contributed by atoms with Crippen molar-refractivity contribution in [2.24, 2.45) is 17.8 Å². The Kier molecular flexibility index (Phi) is 26.7. The molecular formula is C69H114F6N6O10. The van der Waals surface area contributed by atoms with Crippen LogP contribution in [0.15, 0.2) is 0 Å². The summed E-state index contributed by atoms with van der Waals surface area (Å²) in [6.45, 7) is 20.7. The number of nitrogens with one attached hydrogen (secondary N) is 1. The number of rotatable bonds is 14. The highest BCUT2D eigenvalue weighted by molar-refractivity contribution is 5.80. The van der Waals surface area contributed by atoms with Crippen molar-refractivity contribution < 1.29 is 73.9 Å². The van der Waals surface area contributed by atoms with Gasteiger partial charge in [-0.1, -0.05) is 0 Å². The van der Waals surface area contributed by atoms with Gasteiger partial charge >= 0.3 is 0 Å². The van der Waals surface area contributed by atoms with E-state index in [2.05, 4.69) is 42.8 Å². The van der Waals surface area contributed by atoms with E-state index in [4.69, 9.17) is 28.4 Å². The molecule has 12 rings (SSSR count). The molecule has 6 saturated heterocycles. The summed E-state index contributed by atoms with van der Waals surface area (Å²) in [5.41, 5.74) is 0. The average Bonchev–Trinajstić information content (AvgIpc) is 0.847. The third kappa shape index (κ3) is 20.9. The fraction of sp³-hybridized carbons (Fsp3) is 0.942. The first-order chi connectivity index (χ1) is 43.4. The molecule has 0 unspecified atom stereocenters. The van der Waals surface area contributed by atoms with Gasteiger partial charge in [-0.25, -0.2) is 26.3 Å². The first-order valence-corrected chi connectivity index (χ1v) is 35.9. The van der Waals surface area contributed by atoms with E-state index in [0.29, 0.717) is 73.2 Å². The summed E-state index contributed by atoms with van der Waals surface area (Å²) in [7, 11) is 0. The SMILES string of the molecule is CC(C)OCC1CCC(=O)CC1.CC(C)OCC1CCC(N2CCC(N3C(=O)CO[C@H]4CCC(F)(F)C[C@@H]43)CC2)CC1.CC(C)OCC1CCC(N2CCC(N3C(=O)CO[C@H]4CCC(F)(F)C[C@@H]43)CC2)CC1.O=C1CO[C@H]2CCC(F)(F)C[C@@H]2N1C1CCNCC1. The Labute approximate surface area is 539 Å². The molecule has 6 aliphatic carbocycles. The maximum atomic E-state index is 14.1. The van der Waals surface area contributed by atoms with Crippen molar-refractivity contribution in [2.75, 3.05) is 78.9 Å². The number of carbonyl (C=O) groups excluding carboxylic acids is 4. The second kappa shape index (κ2) is 33.5. The molecule has 0 aromatic carbocycles. The summed E-state index contributed by atoms with van der Waals surface area (Å²) in [5.74, 6) is -5.93. The molecule has 0 aromatic heterocycles. The molecule has 3 amide bonds. The lowest BCUT2D eigenvalue weighted by atomic mass is 9.83. The fourth-order valence-corrected chi connectivity index (χ4v) is 17.1. The van der Waals surface area contributed by atoms with Crippen molar-refractivity contribution in [3.63, 3.8) is 0 Å². The Morgan fingerprint density at radius 1 is 0.407 bits per heavy atom. The molecule has 0 spiro atoms. The van der Waals surface area contributed by atoms with Gasteiger partial charge in [-0.2, -0.15) is 0 Å². The summed E-state index contributed by atoms with van der Waals surface area (Å²) in [4.78, 5) is 58.7. The first-order valence-electron chi connectivity index (χ1n) is 35.9. The van der Waals surface area contributed by atoms with Crippen molar-refractivity contribution in [2.45, 2.75) is 318 Å². The minimum Gasteiger partial charge on any atom is -0.379 e. The van der Waals surface area contributed by atoms with Crippen LogP contribution in [0.25, 0.3) is 0 Å². The molecule has 6 atom stereocenters. The van der Waals surface area contributed by atoms with Crippen LogP contribution in [0.5, 0.6) is 0 Å². The number of likely N-dealkylation sites (tertiary alicyclic amines) is 2. The first kappa shape index (κ1) is 72.6. The third-order valence-corrected chi connectivity index (χ3v) is 22.2. The van der Waals surface area contributed by atoms with Crippen molar-refractivity contribution >= 4 is 23.5 Å². The molecule has 0 aromatic rings. The van der Waals surface area contributed by atoms with E-state index in [-0.39, 0.29) is 113 Å². The summed E-state index contributed by atoms with van der Waals surface area (Å²) >= 11 is 0. The number of hydrogen-bond donors (Lipinski definition) is 1. The van der Waals surface area contributed by atoms with E-state index in [1.54, 1.807) is 14.7 Å². The number of morpholine rings is 3. The van der Waals surface area contributed by atoms with Gasteiger partial charge < -0.3 is 58.2 Å². The van der Waals surface area contributed by atoms with Crippen molar-refractivity contribution in [3.8, 4) is 0 Å². The molecular weight excluding hydrogens is 1190 g/mol. The number of alkyl halides is 6. The fourth-order valence-electron chi connectivity index (χ4n) is 17.1. The summed E-state index contributed by atoms with van der Waals surface area (Å²) in [6.07, 6.45) is 18.8. The molecule has 91 heavy (non-hydrogen) atoms. The number of piperidine rings is 3. The van der Waals surface area contributed by atoms with Crippen LogP contribution in [-0.2, 0) is 47.6 Å². The molecule has 522 valence electrons. The molecule has 22 heteroatoms. The second-order valence-corrected chi connectivity index (χ2v) is 29.9. The molecule has 1 N–H and O–H groups in total. The number of fused-ring (bicyclic) bond motifs is 3. The quantitative estimate of drug-likeness (QED) is 0.164. The highest BCUT2D eigenvalue weighted by Gasteiger charge is 2.53. The largest absolute Gasteiger partial charge is 0.379 e. The zero-order chi connectivity index (χ0) is 65.0. The highest BCUT2D eigenvalue weighted by Crippen LogP contribution is 2.44. The van der Waals surface area contributed by atoms with Crippen LogP contribution in [0.1, 0.15) is 215 Å². The second-order valence-electron chi connectivity index (χ2n) is 29.9. The highest BCUT2D eigenvalue weighted by atomic mass is 19.3. The van der Waals surface area contributed by atoms with Crippen LogP contribution >= 0.6 is 0 Å². The van der Waals surface area contributed by atoms with E-state index < -0.39 is 35.9 Å². The summed E-state index contributed by atoms with van der Waals surface area (Å²) in [5, 5.41) is 3.24. The maximum absolute atomic E-state index is 14.1. The van der Waals surface area contributed by atoms with E-state index in [9.17, 15) is 45.5 Å². The van der Waals surface area contributed by atoms with Gasteiger partial charge in [0.15, 0.2) is 0 Å². The van der Waals surface area contributed by atoms with Gasteiger partial charge in [0.25, 0.3) is 0 Å². The number of hydrogen-bond acceptors (Lipinski definition) is 13. The van der Waals surface area contributed by atoms with E-state index >= 15 is 0 Å². The van der Waals surface area contributed by atoms with Gasteiger partial charge in [-0.3, -0.25) is 19.2 Å². The third-order valence-electron chi connectivity index (χ3n) is 22.2. The lowest BCUT2D eigenvalue weighted by Crippen LogP contribution is -2.63. The van der Waals surface area contributed by atoms with Crippen LogP contribution in [0.3, 0.4) is 0 Å². The Morgan fingerprint density at radius 3 is 1.01 bits per heavy atom. The maximum Gasteiger partial charge on any atom is 0.250 e. The molecule has 16 nitrogen and oxygen atoms in total. The minimum absolute atomic E-state index is 0.0510. The van der Waals surface area contributed by atoms with Crippen molar-refractivity contribution in [1.29, 1.82) is 0 Å².